The Morgan fingerprint density at radius 2 is 1.91 bits per heavy atom. The van der Waals surface area contributed by atoms with Crippen LogP contribution >= 0.6 is 0 Å². The molecule has 0 radical (unpaired) electrons. The number of nitrogens with zero attached hydrogens (tertiary/aromatic N) is 2. The van der Waals surface area contributed by atoms with Gasteiger partial charge in [-0.15, -0.1) is 0 Å². The van der Waals surface area contributed by atoms with Gasteiger partial charge >= 0.3 is 0 Å². The van der Waals surface area contributed by atoms with Crippen molar-refractivity contribution in [1.29, 1.82) is 0 Å². The molecule has 0 aliphatic carbocycles. The Bertz CT molecular complexity index is 497. The number of hydrogen-bond donors (Lipinski definition) is 2. The highest BCUT2D eigenvalue weighted by molar-refractivity contribution is 7.91. The molecule has 1 aliphatic heterocycles. The van der Waals surface area contributed by atoms with Crippen molar-refractivity contribution in [1.82, 2.24) is 15.5 Å². The van der Waals surface area contributed by atoms with E-state index in [9.17, 15) is 13.2 Å². The number of carbonyl (C=O) groups is 1. The molecule has 1 saturated heterocycles. The van der Waals surface area contributed by atoms with E-state index in [1.54, 1.807) is 14.0 Å². The topological polar surface area (TPSA) is 90.9 Å². The number of piperidine rings is 1. The Balaban J connectivity index is 2.54. The zero-order valence-electron chi connectivity index (χ0n) is 14.5. The highest BCUT2D eigenvalue weighted by atomic mass is 32.2. The van der Waals surface area contributed by atoms with Gasteiger partial charge in [0, 0.05) is 38.9 Å². The first-order valence-electron chi connectivity index (χ1n) is 8.36. The van der Waals surface area contributed by atoms with Crippen molar-refractivity contribution in [2.45, 2.75) is 33.1 Å². The Morgan fingerprint density at radius 3 is 2.43 bits per heavy atom. The second-order valence-electron chi connectivity index (χ2n) is 5.78. The van der Waals surface area contributed by atoms with Crippen LogP contribution in [-0.2, 0) is 14.6 Å². The summed E-state index contributed by atoms with van der Waals surface area (Å²) in [6, 6.07) is 0. The standard InChI is InChI=1S/C15H30N4O3S/c1-4-17-15(18-8-11-23(21,22)5-2)19-9-6-13(7-10-19)12-14(20)16-3/h13H,4-12H2,1-3H3,(H,16,20)(H,17,18). The van der Waals surface area contributed by atoms with Crippen molar-refractivity contribution in [3.63, 3.8) is 0 Å². The molecule has 0 spiro atoms. The summed E-state index contributed by atoms with van der Waals surface area (Å²) in [5, 5.41) is 5.89. The van der Waals surface area contributed by atoms with Crippen molar-refractivity contribution < 1.29 is 13.2 Å². The number of nitrogens with one attached hydrogen (secondary N) is 2. The molecule has 134 valence electrons. The Morgan fingerprint density at radius 1 is 1.26 bits per heavy atom. The van der Waals surface area contributed by atoms with E-state index >= 15 is 0 Å². The van der Waals surface area contributed by atoms with Crippen LogP contribution in [0.3, 0.4) is 0 Å². The highest BCUT2D eigenvalue weighted by Crippen LogP contribution is 2.20. The summed E-state index contributed by atoms with van der Waals surface area (Å²) in [6.45, 7) is 6.37. The third kappa shape index (κ3) is 7.20. The molecule has 1 amide bonds. The number of carbonyl (C=O) groups excluding carboxylic acids is 1. The monoisotopic (exact) mass is 346 g/mol. The predicted molar refractivity (Wildman–Crippen MR) is 93.3 cm³/mol. The van der Waals surface area contributed by atoms with Gasteiger partial charge in [-0.1, -0.05) is 6.92 Å². The molecular weight excluding hydrogens is 316 g/mol. The van der Waals surface area contributed by atoms with Crippen LogP contribution in [-0.4, -0.2) is 69.9 Å². The van der Waals surface area contributed by atoms with Gasteiger partial charge in [0.15, 0.2) is 15.8 Å². The fourth-order valence-corrected chi connectivity index (χ4v) is 3.23. The lowest BCUT2D eigenvalue weighted by Gasteiger charge is -2.34. The maximum Gasteiger partial charge on any atom is 0.220 e. The zero-order valence-corrected chi connectivity index (χ0v) is 15.3. The predicted octanol–water partition coefficient (Wildman–Crippen LogP) is 0.235. The Kier molecular flexibility index (Phi) is 8.36. The van der Waals surface area contributed by atoms with Crippen LogP contribution < -0.4 is 10.6 Å². The third-order valence-corrected chi connectivity index (χ3v) is 5.79. The van der Waals surface area contributed by atoms with E-state index in [-0.39, 0.29) is 24.0 Å². The second-order valence-corrected chi connectivity index (χ2v) is 8.25. The van der Waals surface area contributed by atoms with Crippen LogP contribution in [0.1, 0.15) is 33.1 Å². The fraction of sp³-hybridized carbons (Fsp3) is 0.867. The van der Waals surface area contributed by atoms with E-state index in [2.05, 4.69) is 20.5 Å². The van der Waals surface area contributed by atoms with E-state index in [4.69, 9.17) is 0 Å². The minimum Gasteiger partial charge on any atom is -0.359 e. The van der Waals surface area contributed by atoms with Crippen molar-refractivity contribution >= 4 is 21.7 Å². The van der Waals surface area contributed by atoms with E-state index in [0.717, 1.165) is 38.4 Å². The lowest BCUT2D eigenvalue weighted by Crippen LogP contribution is -2.46. The number of rotatable bonds is 7. The first kappa shape index (κ1) is 19.7. The molecule has 1 rings (SSSR count). The fourth-order valence-electron chi connectivity index (χ4n) is 2.57. The van der Waals surface area contributed by atoms with Crippen molar-refractivity contribution in [2.75, 3.05) is 44.7 Å². The van der Waals surface area contributed by atoms with Crippen LogP contribution in [0.25, 0.3) is 0 Å². The summed E-state index contributed by atoms with van der Waals surface area (Å²) in [4.78, 5) is 18.0. The van der Waals surface area contributed by atoms with Crippen LogP contribution in [0, 0.1) is 5.92 Å². The molecule has 23 heavy (non-hydrogen) atoms. The number of sulfone groups is 1. The third-order valence-electron chi connectivity index (χ3n) is 4.11. The summed E-state index contributed by atoms with van der Waals surface area (Å²) in [6.07, 6.45) is 2.48. The molecule has 1 heterocycles. The van der Waals surface area contributed by atoms with Gasteiger partial charge in [0.2, 0.25) is 5.91 Å². The molecule has 0 aromatic heterocycles. The average molecular weight is 346 g/mol. The normalized spacial score (nSPS) is 17.2. The largest absolute Gasteiger partial charge is 0.359 e. The molecule has 0 bridgehead atoms. The molecule has 0 aromatic rings. The van der Waals surface area contributed by atoms with Gasteiger partial charge < -0.3 is 15.5 Å². The minimum absolute atomic E-state index is 0.0888. The van der Waals surface area contributed by atoms with Crippen LogP contribution in [0.4, 0.5) is 0 Å². The van der Waals surface area contributed by atoms with Gasteiger partial charge in [-0.25, -0.2) is 8.42 Å². The molecule has 0 atom stereocenters. The van der Waals surface area contributed by atoms with Crippen LogP contribution in [0.2, 0.25) is 0 Å². The molecular formula is C15H30N4O3S. The summed E-state index contributed by atoms with van der Waals surface area (Å²) < 4.78 is 23.1. The number of guanidine groups is 1. The smallest absolute Gasteiger partial charge is 0.220 e. The van der Waals surface area contributed by atoms with Gasteiger partial charge in [-0.2, -0.15) is 0 Å². The van der Waals surface area contributed by atoms with E-state index in [0.29, 0.717) is 12.3 Å². The van der Waals surface area contributed by atoms with Gasteiger partial charge in [-0.05, 0) is 25.7 Å². The first-order valence-corrected chi connectivity index (χ1v) is 10.2. The molecule has 0 unspecified atom stereocenters. The average Bonchev–Trinajstić information content (AvgIpc) is 2.54. The number of aliphatic imine (C=N–C) groups is 1. The number of likely N-dealkylation sites (tertiary alicyclic amines) is 1. The highest BCUT2D eigenvalue weighted by Gasteiger charge is 2.23. The lowest BCUT2D eigenvalue weighted by atomic mass is 9.93. The van der Waals surface area contributed by atoms with Crippen LogP contribution in [0.5, 0.6) is 0 Å². The van der Waals surface area contributed by atoms with Gasteiger partial charge in [0.1, 0.15) is 0 Å². The van der Waals surface area contributed by atoms with Gasteiger partial charge in [-0.3, -0.25) is 9.79 Å². The van der Waals surface area contributed by atoms with E-state index < -0.39 is 9.84 Å². The summed E-state index contributed by atoms with van der Waals surface area (Å²) in [5.41, 5.74) is 0. The summed E-state index contributed by atoms with van der Waals surface area (Å²) in [5.74, 6) is 1.52. The molecule has 7 nitrogen and oxygen atoms in total. The lowest BCUT2D eigenvalue weighted by molar-refractivity contribution is -0.121. The second kappa shape index (κ2) is 9.75. The molecule has 0 aromatic carbocycles. The molecule has 2 N–H and O–H groups in total. The summed E-state index contributed by atoms with van der Waals surface area (Å²) >= 11 is 0. The molecule has 8 heteroatoms. The molecule has 1 aliphatic rings. The Labute approximate surface area is 139 Å². The van der Waals surface area contributed by atoms with Crippen LogP contribution in [0.15, 0.2) is 4.99 Å². The molecule has 1 fully saturated rings. The zero-order chi connectivity index (χ0) is 17.3. The minimum atomic E-state index is -2.98. The van der Waals surface area contributed by atoms with Gasteiger partial charge in [0.05, 0.1) is 12.3 Å². The van der Waals surface area contributed by atoms with E-state index in [1.165, 1.54) is 0 Å². The van der Waals surface area contributed by atoms with Crippen molar-refractivity contribution in [3.8, 4) is 0 Å². The number of amides is 1. The van der Waals surface area contributed by atoms with E-state index in [1.807, 2.05) is 6.92 Å². The first-order chi connectivity index (χ1) is 10.9. The van der Waals surface area contributed by atoms with Crippen molar-refractivity contribution in [2.24, 2.45) is 10.9 Å². The quantitative estimate of drug-likeness (QED) is 0.509. The summed E-state index contributed by atoms with van der Waals surface area (Å²) in [7, 11) is -1.32. The maximum atomic E-state index is 11.5. The maximum absolute atomic E-state index is 11.5. The Hall–Kier alpha value is -1.31. The SMILES string of the molecule is CCNC(=NCCS(=O)(=O)CC)N1CCC(CC(=O)NC)CC1. The van der Waals surface area contributed by atoms with Crippen molar-refractivity contribution in [3.05, 3.63) is 0 Å². The number of hydrogen-bond acceptors (Lipinski definition) is 4. The molecule has 0 saturated carbocycles. The van der Waals surface area contributed by atoms with Gasteiger partial charge in [0.25, 0.3) is 0 Å².